The van der Waals surface area contributed by atoms with Gasteiger partial charge in [-0.25, -0.2) is 4.98 Å². The smallest absolute Gasteiger partial charge is 0.342 e. The Balaban J connectivity index is 1.65. The van der Waals surface area contributed by atoms with Crippen molar-refractivity contribution in [3.05, 3.63) is 30.0 Å². The van der Waals surface area contributed by atoms with Gasteiger partial charge in [-0.05, 0) is 38.0 Å². The van der Waals surface area contributed by atoms with E-state index in [-0.39, 0.29) is 35.9 Å². The highest BCUT2D eigenvalue weighted by Crippen LogP contribution is 2.40. The van der Waals surface area contributed by atoms with Crippen LogP contribution in [-0.4, -0.2) is 72.2 Å². The molecule has 0 bridgehead atoms. The number of nitrogens with one attached hydrogen (secondary N) is 2. The molecule has 1 saturated carbocycles. The van der Waals surface area contributed by atoms with Gasteiger partial charge in [0.05, 0.1) is 31.6 Å². The zero-order valence-corrected chi connectivity index (χ0v) is 20.4. The normalized spacial score (nSPS) is 18.4. The second kappa shape index (κ2) is 10.2. The molecule has 1 aliphatic heterocycles. The predicted molar refractivity (Wildman–Crippen MR) is 130 cm³/mol. The molecule has 36 heavy (non-hydrogen) atoms. The number of fused-ring (bicyclic) bond motifs is 1. The van der Waals surface area contributed by atoms with Crippen molar-refractivity contribution in [1.82, 2.24) is 15.3 Å². The lowest BCUT2D eigenvalue weighted by molar-refractivity contribution is -0.140. The summed E-state index contributed by atoms with van der Waals surface area (Å²) in [6.45, 7) is 0.929. The van der Waals surface area contributed by atoms with E-state index in [4.69, 9.17) is 4.74 Å². The summed E-state index contributed by atoms with van der Waals surface area (Å²) in [6, 6.07) is 4.57. The molecule has 10 nitrogen and oxygen atoms in total. The van der Waals surface area contributed by atoms with Gasteiger partial charge in [0.1, 0.15) is 11.4 Å². The maximum absolute atomic E-state index is 14.8. The minimum Gasteiger partial charge on any atom is -0.495 e. The first-order valence-corrected chi connectivity index (χ1v) is 11.8. The Morgan fingerprint density at radius 1 is 1.33 bits per heavy atom. The van der Waals surface area contributed by atoms with E-state index >= 15 is 0 Å². The lowest BCUT2D eigenvalue weighted by Gasteiger charge is -2.31. The first-order valence-electron chi connectivity index (χ1n) is 11.8. The van der Waals surface area contributed by atoms with Crippen LogP contribution in [-0.2, 0) is 4.79 Å². The second-order valence-electron chi connectivity index (χ2n) is 9.14. The number of nitrogens with zero attached hydrogens (tertiary/aromatic N) is 4. The van der Waals surface area contributed by atoms with Gasteiger partial charge in [0, 0.05) is 25.2 Å². The van der Waals surface area contributed by atoms with E-state index < -0.39 is 24.5 Å². The average Bonchev–Trinajstić information content (AvgIpc) is 3.37. The van der Waals surface area contributed by atoms with E-state index in [2.05, 4.69) is 20.6 Å². The number of carbonyl (C=O) groups is 2. The quantitative estimate of drug-likeness (QED) is 0.527. The van der Waals surface area contributed by atoms with Gasteiger partial charge in [0.25, 0.3) is 11.8 Å². The van der Waals surface area contributed by atoms with Crippen LogP contribution in [0.5, 0.6) is 5.75 Å². The minimum absolute atomic E-state index is 0.109. The molecule has 1 atom stereocenters. The Morgan fingerprint density at radius 3 is 2.72 bits per heavy atom. The van der Waals surface area contributed by atoms with Crippen LogP contribution in [0.1, 0.15) is 43.0 Å². The summed E-state index contributed by atoms with van der Waals surface area (Å²) >= 11 is 0. The number of methoxy groups -OCH3 is 1. The summed E-state index contributed by atoms with van der Waals surface area (Å²) in [6.07, 6.45) is 4.02. The monoisotopic (exact) mass is 504 g/mol. The van der Waals surface area contributed by atoms with Crippen molar-refractivity contribution in [2.24, 2.45) is 0 Å². The molecule has 2 heterocycles. The number of aromatic nitrogens is 2. The van der Waals surface area contributed by atoms with E-state index in [0.29, 0.717) is 17.0 Å². The maximum atomic E-state index is 14.8. The van der Waals surface area contributed by atoms with E-state index in [1.54, 1.807) is 19.1 Å². The average molecular weight is 505 g/mol. The summed E-state index contributed by atoms with van der Waals surface area (Å²) in [7, 11) is 2.74. The van der Waals surface area contributed by atoms with Crippen molar-refractivity contribution < 1.29 is 28.2 Å². The van der Waals surface area contributed by atoms with Gasteiger partial charge < -0.3 is 30.3 Å². The van der Waals surface area contributed by atoms with Crippen LogP contribution in [0.25, 0.3) is 0 Å². The van der Waals surface area contributed by atoms with Crippen LogP contribution >= 0.6 is 0 Å². The number of alkyl halides is 2. The summed E-state index contributed by atoms with van der Waals surface area (Å²) in [5.74, 6) is -4.49. The van der Waals surface area contributed by atoms with Gasteiger partial charge in [0.2, 0.25) is 5.95 Å². The molecule has 0 radical (unpaired) electrons. The van der Waals surface area contributed by atoms with E-state index in [9.17, 15) is 23.5 Å². The molecule has 12 heteroatoms. The molecule has 1 aromatic heterocycles. The number of rotatable bonds is 7. The molecule has 1 fully saturated rings. The lowest BCUT2D eigenvalue weighted by atomic mass is 10.1. The molecule has 2 aromatic rings. The fourth-order valence-corrected chi connectivity index (χ4v) is 4.50. The van der Waals surface area contributed by atoms with Gasteiger partial charge in [-0.2, -0.15) is 13.8 Å². The Bertz CT molecular complexity index is 1140. The van der Waals surface area contributed by atoms with E-state index in [1.807, 2.05) is 0 Å². The molecule has 0 spiro atoms. The number of hydrogen-bond acceptors (Lipinski definition) is 8. The Labute approximate surface area is 207 Å². The Hall–Kier alpha value is -3.54. The zero-order chi connectivity index (χ0) is 26.0. The number of amides is 2. The van der Waals surface area contributed by atoms with Crippen molar-refractivity contribution in [2.45, 2.75) is 50.7 Å². The van der Waals surface area contributed by atoms with Crippen LogP contribution in [0.2, 0.25) is 0 Å². The van der Waals surface area contributed by atoms with Crippen molar-refractivity contribution >= 4 is 35.0 Å². The Morgan fingerprint density at radius 2 is 2.06 bits per heavy atom. The molecule has 2 aliphatic rings. The number of aliphatic hydroxyl groups is 1. The largest absolute Gasteiger partial charge is 0.495 e. The van der Waals surface area contributed by atoms with Crippen molar-refractivity contribution in [1.29, 1.82) is 0 Å². The molecule has 194 valence electrons. The van der Waals surface area contributed by atoms with Crippen LogP contribution in [0.15, 0.2) is 24.4 Å². The third-order valence-corrected chi connectivity index (χ3v) is 6.40. The molecular formula is C24H30F2N6O4. The molecular weight excluding hydrogens is 474 g/mol. The van der Waals surface area contributed by atoms with E-state index in [1.165, 1.54) is 31.3 Å². The van der Waals surface area contributed by atoms with Crippen LogP contribution in [0, 0.1) is 0 Å². The van der Waals surface area contributed by atoms with Gasteiger partial charge >= 0.3 is 5.92 Å². The first-order chi connectivity index (χ1) is 17.1. The number of ether oxygens (including phenoxy) is 1. The summed E-state index contributed by atoms with van der Waals surface area (Å²) in [4.78, 5) is 36.0. The molecule has 3 N–H and O–H groups in total. The van der Waals surface area contributed by atoms with Crippen LogP contribution < -0.4 is 25.2 Å². The SMILES string of the molecule is COc1cc(C(=O)NCC(C)O)ccc1Nc1ncc2c(n1)N(C1CCCC1)CC(F)(F)C(=O)N2C. The highest BCUT2D eigenvalue weighted by atomic mass is 19.3. The van der Waals surface area contributed by atoms with Crippen molar-refractivity contribution in [2.75, 3.05) is 42.4 Å². The Kier molecular flexibility index (Phi) is 7.25. The van der Waals surface area contributed by atoms with Gasteiger partial charge in [-0.15, -0.1) is 0 Å². The van der Waals surface area contributed by atoms with Crippen molar-refractivity contribution in [3.63, 3.8) is 0 Å². The highest BCUT2D eigenvalue weighted by Gasteiger charge is 2.48. The van der Waals surface area contributed by atoms with Crippen LogP contribution in [0.4, 0.5) is 31.9 Å². The molecule has 1 unspecified atom stereocenters. The first kappa shape index (κ1) is 25.5. The molecule has 1 aromatic carbocycles. The highest BCUT2D eigenvalue weighted by molar-refractivity contribution is 6.02. The van der Waals surface area contributed by atoms with Gasteiger partial charge in [-0.1, -0.05) is 12.8 Å². The zero-order valence-electron chi connectivity index (χ0n) is 20.4. The predicted octanol–water partition coefficient (Wildman–Crippen LogP) is 2.70. The standard InChI is InChI=1S/C24H30F2N6O4/c1-14(33)11-27-21(34)15-8-9-17(19(10-15)36-3)29-23-28-12-18-20(30-23)32(16-6-4-5-7-16)13-24(25,26)22(35)31(18)2/h8-10,12,14,16,33H,4-7,11,13H2,1-3H3,(H,27,34)(H,28,29,30). The minimum atomic E-state index is -3.56. The number of halogens is 2. The fourth-order valence-electron chi connectivity index (χ4n) is 4.50. The molecule has 1 aliphatic carbocycles. The summed E-state index contributed by atoms with van der Waals surface area (Å²) in [5, 5.41) is 15.0. The number of aliphatic hydroxyl groups excluding tert-OH is 1. The topological polar surface area (TPSA) is 120 Å². The summed E-state index contributed by atoms with van der Waals surface area (Å²) in [5.41, 5.74) is 1.00. The maximum Gasteiger partial charge on any atom is 0.342 e. The number of carbonyl (C=O) groups excluding carboxylic acids is 2. The fraction of sp³-hybridized carbons (Fsp3) is 0.500. The number of anilines is 4. The number of benzene rings is 1. The third-order valence-electron chi connectivity index (χ3n) is 6.40. The van der Waals surface area contributed by atoms with E-state index in [0.717, 1.165) is 30.6 Å². The summed E-state index contributed by atoms with van der Waals surface area (Å²) < 4.78 is 34.9. The molecule has 4 rings (SSSR count). The third kappa shape index (κ3) is 5.18. The number of hydrogen-bond donors (Lipinski definition) is 3. The molecule has 0 saturated heterocycles. The van der Waals surface area contributed by atoms with Gasteiger partial charge in [-0.3, -0.25) is 9.59 Å². The molecule has 2 amide bonds. The second-order valence-corrected chi connectivity index (χ2v) is 9.14. The lowest BCUT2D eigenvalue weighted by Crippen LogP contribution is -2.48. The van der Waals surface area contributed by atoms with Crippen molar-refractivity contribution in [3.8, 4) is 5.75 Å². The van der Waals surface area contributed by atoms with Crippen LogP contribution in [0.3, 0.4) is 0 Å². The van der Waals surface area contributed by atoms with Gasteiger partial charge in [0.15, 0.2) is 5.82 Å².